The van der Waals surface area contributed by atoms with Gasteiger partial charge in [0.25, 0.3) is 0 Å². The van der Waals surface area contributed by atoms with Crippen molar-refractivity contribution in [1.29, 1.82) is 0 Å². The van der Waals surface area contributed by atoms with Crippen LogP contribution in [0.15, 0.2) is 54.6 Å². The van der Waals surface area contributed by atoms with Gasteiger partial charge in [-0.25, -0.2) is 4.79 Å². The number of nitrogens with one attached hydrogen (secondary N) is 1. The molecule has 1 aliphatic rings. The second kappa shape index (κ2) is 9.04. The Kier molecular flexibility index (Phi) is 6.78. The third-order valence-corrected chi connectivity index (χ3v) is 4.74. The Morgan fingerprint density at radius 3 is 2.12 bits per heavy atom. The third-order valence-electron chi connectivity index (χ3n) is 4.74. The molecule has 3 rings (SSSR count). The summed E-state index contributed by atoms with van der Waals surface area (Å²) in [5.41, 5.74) is 1.39. The number of hydrogen-bond donors (Lipinski definition) is 2. The van der Waals surface area contributed by atoms with Gasteiger partial charge in [0, 0.05) is 6.54 Å². The number of benzene rings is 2. The molecule has 0 aromatic heterocycles. The lowest BCUT2D eigenvalue weighted by Gasteiger charge is -2.39. The fourth-order valence-electron chi connectivity index (χ4n) is 2.64. The van der Waals surface area contributed by atoms with Gasteiger partial charge in [-0.1, -0.05) is 44.2 Å². The van der Waals surface area contributed by atoms with E-state index in [9.17, 15) is 9.59 Å². The first kappa shape index (κ1) is 19.5. The number of aromatic hydroxyl groups is 1. The summed E-state index contributed by atoms with van der Waals surface area (Å²) in [7, 11) is 0. The lowest BCUT2D eigenvalue weighted by atomic mass is 9.76. The van der Waals surface area contributed by atoms with E-state index in [1.807, 2.05) is 30.3 Å². The van der Waals surface area contributed by atoms with Crippen molar-refractivity contribution < 1.29 is 19.4 Å². The molecule has 0 saturated carbocycles. The first-order valence-corrected chi connectivity index (χ1v) is 8.79. The normalized spacial score (nSPS) is 14.3. The molecule has 0 atom stereocenters. The first-order valence-electron chi connectivity index (χ1n) is 8.79. The molecule has 1 amide bonds. The molecule has 138 valence electrons. The predicted molar refractivity (Wildman–Crippen MR) is 99.7 cm³/mol. The van der Waals surface area contributed by atoms with Crippen LogP contribution in [0.5, 0.6) is 5.75 Å². The Morgan fingerprint density at radius 2 is 1.69 bits per heavy atom. The number of hydrogen-bond acceptors (Lipinski definition) is 4. The van der Waals surface area contributed by atoms with Gasteiger partial charge in [0.2, 0.25) is 5.91 Å². The number of rotatable bonds is 5. The van der Waals surface area contributed by atoms with E-state index in [2.05, 4.69) is 19.2 Å². The highest BCUT2D eigenvalue weighted by atomic mass is 16.5. The van der Waals surface area contributed by atoms with Crippen molar-refractivity contribution in [2.75, 3.05) is 6.54 Å². The molecule has 5 heteroatoms. The lowest BCUT2D eigenvalue weighted by molar-refractivity contribution is -0.140. The number of phenolic OH excluding ortho intramolecular Hbond substituents is 1. The van der Waals surface area contributed by atoms with E-state index < -0.39 is 5.97 Å². The molecule has 0 unspecified atom stereocenters. The molecule has 0 spiro atoms. The van der Waals surface area contributed by atoms with Crippen LogP contribution in [0.4, 0.5) is 0 Å². The van der Waals surface area contributed by atoms with E-state index in [1.54, 1.807) is 0 Å². The van der Waals surface area contributed by atoms with Crippen molar-refractivity contribution in [3.8, 4) is 5.75 Å². The van der Waals surface area contributed by atoms with Gasteiger partial charge in [-0.2, -0.15) is 0 Å². The highest BCUT2D eigenvalue weighted by Gasteiger charge is 2.42. The third kappa shape index (κ3) is 4.85. The van der Waals surface area contributed by atoms with Gasteiger partial charge in [-0.05, 0) is 42.7 Å². The minimum atomic E-state index is -0.395. The highest BCUT2D eigenvalue weighted by Crippen LogP contribution is 2.31. The molecule has 1 aliphatic heterocycles. The van der Waals surface area contributed by atoms with Crippen LogP contribution in [0, 0.1) is 5.41 Å². The van der Waals surface area contributed by atoms with Gasteiger partial charge in [0.15, 0.2) is 0 Å². The Balaban J connectivity index is 0.000000228. The second-order valence-electron chi connectivity index (χ2n) is 6.28. The van der Waals surface area contributed by atoms with Crippen molar-refractivity contribution in [2.45, 2.75) is 33.3 Å². The van der Waals surface area contributed by atoms with Gasteiger partial charge in [0.1, 0.15) is 12.4 Å². The molecule has 1 fully saturated rings. The Hall–Kier alpha value is -2.82. The average Bonchev–Trinajstić information content (AvgIpc) is 2.68. The quantitative estimate of drug-likeness (QED) is 0.634. The summed E-state index contributed by atoms with van der Waals surface area (Å²) in [4.78, 5) is 22.5. The van der Waals surface area contributed by atoms with E-state index in [0.29, 0.717) is 5.56 Å². The molecule has 5 nitrogen and oxygen atoms in total. The SMILES string of the molecule is CCC1(CC)CNC1=O.O=C(OCc1ccccc1)c1ccc(O)cc1. The molecular weight excluding hydrogens is 330 g/mol. The summed E-state index contributed by atoms with van der Waals surface area (Å²) in [5.74, 6) is -0.0223. The minimum absolute atomic E-state index is 0.0139. The summed E-state index contributed by atoms with van der Waals surface area (Å²) in [6, 6.07) is 15.5. The van der Waals surface area contributed by atoms with Crippen LogP contribution >= 0.6 is 0 Å². The van der Waals surface area contributed by atoms with E-state index in [1.165, 1.54) is 24.3 Å². The zero-order valence-electron chi connectivity index (χ0n) is 15.2. The molecule has 26 heavy (non-hydrogen) atoms. The van der Waals surface area contributed by atoms with Gasteiger partial charge in [-0.3, -0.25) is 4.79 Å². The van der Waals surface area contributed by atoms with E-state index in [0.717, 1.165) is 24.9 Å². The Bertz CT molecular complexity index is 716. The summed E-state index contributed by atoms with van der Waals surface area (Å²) in [6.45, 7) is 5.28. The Labute approximate surface area is 154 Å². The first-order chi connectivity index (χ1) is 12.5. The maximum Gasteiger partial charge on any atom is 0.338 e. The van der Waals surface area contributed by atoms with Crippen LogP contribution < -0.4 is 5.32 Å². The molecule has 0 radical (unpaired) electrons. The molecule has 1 saturated heterocycles. The zero-order chi connectivity index (χ0) is 19.0. The summed E-state index contributed by atoms with van der Waals surface area (Å²) in [5, 5.41) is 11.9. The van der Waals surface area contributed by atoms with Crippen molar-refractivity contribution >= 4 is 11.9 Å². The monoisotopic (exact) mass is 355 g/mol. The predicted octanol–water partition coefficient (Wildman–Crippen LogP) is 3.67. The summed E-state index contributed by atoms with van der Waals surface area (Å²) in [6.07, 6.45) is 1.96. The zero-order valence-corrected chi connectivity index (χ0v) is 15.2. The highest BCUT2D eigenvalue weighted by molar-refractivity contribution is 5.89. The average molecular weight is 355 g/mol. The van der Waals surface area contributed by atoms with Crippen LogP contribution in [0.2, 0.25) is 0 Å². The number of carbonyl (C=O) groups is 2. The van der Waals surface area contributed by atoms with Gasteiger partial charge >= 0.3 is 5.97 Å². The van der Waals surface area contributed by atoms with Crippen molar-refractivity contribution in [2.24, 2.45) is 5.41 Å². The van der Waals surface area contributed by atoms with Crippen molar-refractivity contribution in [3.05, 3.63) is 65.7 Å². The molecular formula is C21H25NO4. The number of β-lactam (4-membered cyclic amide) rings is 1. The molecule has 0 bridgehead atoms. The summed E-state index contributed by atoms with van der Waals surface area (Å²) >= 11 is 0. The van der Waals surface area contributed by atoms with Crippen molar-refractivity contribution in [1.82, 2.24) is 5.32 Å². The smallest absolute Gasteiger partial charge is 0.338 e. The fourth-order valence-corrected chi connectivity index (χ4v) is 2.64. The van der Waals surface area contributed by atoms with Crippen molar-refractivity contribution in [3.63, 3.8) is 0 Å². The van der Waals surface area contributed by atoms with E-state index in [-0.39, 0.29) is 23.7 Å². The molecule has 0 aliphatic carbocycles. The molecule has 2 aromatic rings. The standard InChI is InChI=1S/C14H12O3.C7H13NO/c15-13-8-6-12(7-9-13)14(16)17-10-11-4-2-1-3-5-11;1-3-7(4-2)5-8-6(7)9/h1-9,15H,10H2;3-5H2,1-2H3,(H,8,9). The van der Waals surface area contributed by atoms with Crippen LogP contribution in [-0.2, 0) is 16.1 Å². The number of esters is 1. The second-order valence-corrected chi connectivity index (χ2v) is 6.28. The van der Waals surface area contributed by atoms with Crippen LogP contribution in [0.25, 0.3) is 0 Å². The number of carbonyl (C=O) groups excluding carboxylic acids is 2. The lowest BCUT2D eigenvalue weighted by Crippen LogP contribution is -2.58. The maximum absolute atomic E-state index is 11.6. The number of ether oxygens (including phenoxy) is 1. The maximum atomic E-state index is 11.6. The Morgan fingerprint density at radius 1 is 1.08 bits per heavy atom. The van der Waals surface area contributed by atoms with E-state index >= 15 is 0 Å². The van der Waals surface area contributed by atoms with E-state index in [4.69, 9.17) is 9.84 Å². The number of amides is 1. The van der Waals surface area contributed by atoms with Crippen LogP contribution in [0.3, 0.4) is 0 Å². The minimum Gasteiger partial charge on any atom is -0.508 e. The van der Waals surface area contributed by atoms with Gasteiger partial charge in [0.05, 0.1) is 11.0 Å². The largest absolute Gasteiger partial charge is 0.508 e. The molecule has 1 heterocycles. The van der Waals surface area contributed by atoms with Gasteiger partial charge in [-0.15, -0.1) is 0 Å². The topological polar surface area (TPSA) is 75.6 Å². The van der Waals surface area contributed by atoms with Gasteiger partial charge < -0.3 is 15.2 Å². The van der Waals surface area contributed by atoms with Crippen LogP contribution in [0.1, 0.15) is 42.6 Å². The fraction of sp³-hybridized carbons (Fsp3) is 0.333. The van der Waals surface area contributed by atoms with Crippen LogP contribution in [-0.4, -0.2) is 23.5 Å². The molecule has 2 N–H and O–H groups in total. The summed E-state index contributed by atoms with van der Waals surface area (Å²) < 4.78 is 5.13. The number of phenols is 1. The molecule has 2 aromatic carbocycles.